The van der Waals surface area contributed by atoms with Gasteiger partial charge >= 0.3 is 6.03 Å². The zero-order valence-corrected chi connectivity index (χ0v) is 14.5. The maximum absolute atomic E-state index is 14.0. The highest BCUT2D eigenvalue weighted by Crippen LogP contribution is 2.21. The molecule has 0 radical (unpaired) electrons. The van der Waals surface area contributed by atoms with Gasteiger partial charge in [-0.3, -0.25) is 4.90 Å². The molecule has 0 aromatic heterocycles. The number of urea groups is 1. The van der Waals surface area contributed by atoms with Crippen molar-refractivity contribution in [3.05, 3.63) is 24.0 Å². The number of morpholine rings is 1. The average molecular weight is 339 g/mol. The van der Waals surface area contributed by atoms with Crippen molar-refractivity contribution in [1.29, 1.82) is 0 Å². The molecule has 1 saturated heterocycles. The molecular formula is C17H26FN3O3. The van der Waals surface area contributed by atoms with Crippen LogP contribution in [0.15, 0.2) is 18.2 Å². The summed E-state index contributed by atoms with van der Waals surface area (Å²) in [6.07, 6.45) is -0.0347. The number of hydrogen-bond donors (Lipinski definition) is 2. The molecule has 1 fully saturated rings. The molecule has 24 heavy (non-hydrogen) atoms. The third-order valence-corrected chi connectivity index (χ3v) is 3.57. The van der Waals surface area contributed by atoms with Gasteiger partial charge in [-0.2, -0.15) is 0 Å². The lowest BCUT2D eigenvalue weighted by Gasteiger charge is -2.29. The number of nitrogens with one attached hydrogen (secondary N) is 2. The van der Waals surface area contributed by atoms with Crippen LogP contribution in [0.2, 0.25) is 0 Å². The number of ether oxygens (including phenoxy) is 2. The second-order valence-electron chi connectivity index (χ2n) is 6.22. The van der Waals surface area contributed by atoms with E-state index in [1.807, 2.05) is 20.8 Å². The Balaban J connectivity index is 1.82. The van der Waals surface area contributed by atoms with Gasteiger partial charge in [-0.05, 0) is 32.9 Å². The maximum Gasteiger partial charge on any atom is 0.319 e. The molecule has 1 atom stereocenters. The predicted octanol–water partition coefficient (Wildman–Crippen LogP) is 2.46. The largest absolute Gasteiger partial charge is 0.491 e. The number of nitrogens with zero attached hydrogens (tertiary/aromatic N) is 1. The van der Waals surface area contributed by atoms with Crippen molar-refractivity contribution >= 4 is 11.7 Å². The van der Waals surface area contributed by atoms with Crippen LogP contribution in [-0.4, -0.2) is 55.9 Å². The SMILES string of the molecule is CC(CN1CCOCC1)NC(=O)Nc1ccc(OC(C)C)cc1F. The van der Waals surface area contributed by atoms with Crippen LogP contribution in [0, 0.1) is 5.82 Å². The fourth-order valence-corrected chi connectivity index (χ4v) is 2.54. The monoisotopic (exact) mass is 339 g/mol. The molecule has 1 aromatic rings. The zero-order valence-electron chi connectivity index (χ0n) is 14.5. The van der Waals surface area contributed by atoms with E-state index in [0.717, 1.165) is 32.8 Å². The quantitative estimate of drug-likeness (QED) is 0.836. The van der Waals surface area contributed by atoms with E-state index in [9.17, 15) is 9.18 Å². The smallest absolute Gasteiger partial charge is 0.319 e. The average Bonchev–Trinajstić information content (AvgIpc) is 2.50. The Kier molecular flexibility index (Phi) is 6.81. The van der Waals surface area contributed by atoms with E-state index in [1.54, 1.807) is 6.07 Å². The van der Waals surface area contributed by atoms with E-state index in [-0.39, 0.29) is 17.8 Å². The molecule has 0 bridgehead atoms. The summed E-state index contributed by atoms with van der Waals surface area (Å²) >= 11 is 0. The van der Waals surface area contributed by atoms with Crippen LogP contribution in [-0.2, 0) is 4.74 Å². The van der Waals surface area contributed by atoms with Crippen LogP contribution in [0.1, 0.15) is 20.8 Å². The standard InChI is InChI=1S/C17H26FN3O3/c1-12(2)24-14-4-5-16(15(18)10-14)20-17(22)19-13(3)11-21-6-8-23-9-7-21/h4-5,10,12-13H,6-9,11H2,1-3H3,(H2,19,20,22). The summed E-state index contributed by atoms with van der Waals surface area (Å²) in [4.78, 5) is 14.2. The molecule has 1 heterocycles. The summed E-state index contributed by atoms with van der Waals surface area (Å²) in [7, 11) is 0. The van der Waals surface area contributed by atoms with E-state index in [4.69, 9.17) is 9.47 Å². The first kappa shape index (κ1) is 18.5. The molecule has 0 saturated carbocycles. The molecule has 1 aliphatic heterocycles. The lowest BCUT2D eigenvalue weighted by Crippen LogP contribution is -2.47. The Bertz CT molecular complexity index is 548. The maximum atomic E-state index is 14.0. The van der Waals surface area contributed by atoms with Crippen molar-refractivity contribution in [2.45, 2.75) is 32.9 Å². The van der Waals surface area contributed by atoms with Crippen LogP contribution >= 0.6 is 0 Å². The molecule has 6 nitrogen and oxygen atoms in total. The second kappa shape index (κ2) is 8.84. The van der Waals surface area contributed by atoms with Gasteiger partial charge in [0.05, 0.1) is 25.0 Å². The molecule has 0 spiro atoms. The number of hydrogen-bond acceptors (Lipinski definition) is 4. The summed E-state index contributed by atoms with van der Waals surface area (Å²) in [5.74, 6) is -0.0849. The van der Waals surface area contributed by atoms with Crippen molar-refractivity contribution in [3.63, 3.8) is 0 Å². The summed E-state index contributed by atoms with van der Waals surface area (Å²) in [5, 5.41) is 5.35. The lowest BCUT2D eigenvalue weighted by molar-refractivity contribution is 0.0350. The topological polar surface area (TPSA) is 62.8 Å². The van der Waals surface area contributed by atoms with Crippen molar-refractivity contribution in [3.8, 4) is 5.75 Å². The summed E-state index contributed by atoms with van der Waals surface area (Å²) < 4.78 is 24.7. The molecule has 1 aliphatic rings. The lowest BCUT2D eigenvalue weighted by atomic mass is 10.2. The van der Waals surface area contributed by atoms with E-state index < -0.39 is 11.8 Å². The zero-order chi connectivity index (χ0) is 17.5. The number of amides is 2. The molecule has 2 amide bonds. The molecule has 0 aliphatic carbocycles. The minimum atomic E-state index is -0.524. The van der Waals surface area contributed by atoms with E-state index in [1.165, 1.54) is 12.1 Å². The van der Waals surface area contributed by atoms with Crippen molar-refractivity contribution in [1.82, 2.24) is 10.2 Å². The Morgan fingerprint density at radius 1 is 1.33 bits per heavy atom. The van der Waals surface area contributed by atoms with Crippen molar-refractivity contribution in [2.75, 3.05) is 38.2 Å². The normalized spacial score (nSPS) is 16.7. The predicted molar refractivity (Wildman–Crippen MR) is 91.0 cm³/mol. The molecule has 2 N–H and O–H groups in total. The van der Waals surface area contributed by atoms with Gasteiger partial charge in [-0.15, -0.1) is 0 Å². The highest BCUT2D eigenvalue weighted by Gasteiger charge is 2.16. The first-order valence-corrected chi connectivity index (χ1v) is 8.28. The number of anilines is 1. The number of rotatable bonds is 6. The van der Waals surface area contributed by atoms with Crippen LogP contribution in [0.25, 0.3) is 0 Å². The number of carbonyl (C=O) groups is 1. The fraction of sp³-hybridized carbons (Fsp3) is 0.588. The first-order valence-electron chi connectivity index (χ1n) is 8.28. The molecule has 1 aromatic carbocycles. The highest BCUT2D eigenvalue weighted by molar-refractivity contribution is 5.89. The van der Waals surface area contributed by atoms with Crippen LogP contribution in [0.4, 0.5) is 14.9 Å². The number of benzene rings is 1. The number of carbonyl (C=O) groups excluding carboxylic acids is 1. The van der Waals surface area contributed by atoms with Gasteiger partial charge in [0.15, 0.2) is 0 Å². The van der Waals surface area contributed by atoms with Gasteiger partial charge < -0.3 is 20.1 Å². The van der Waals surface area contributed by atoms with Gasteiger partial charge in [-0.1, -0.05) is 0 Å². The minimum Gasteiger partial charge on any atom is -0.491 e. The van der Waals surface area contributed by atoms with Gasteiger partial charge in [0.25, 0.3) is 0 Å². The van der Waals surface area contributed by atoms with Gasteiger partial charge in [0.2, 0.25) is 0 Å². The van der Waals surface area contributed by atoms with Crippen LogP contribution in [0.3, 0.4) is 0 Å². The number of halogens is 1. The Hall–Kier alpha value is -1.86. The minimum absolute atomic E-state index is 0.0347. The van der Waals surface area contributed by atoms with Crippen molar-refractivity contribution < 1.29 is 18.7 Å². The van der Waals surface area contributed by atoms with Crippen LogP contribution < -0.4 is 15.4 Å². The van der Waals surface area contributed by atoms with Crippen LogP contribution in [0.5, 0.6) is 5.75 Å². The Morgan fingerprint density at radius 3 is 2.67 bits per heavy atom. The van der Waals surface area contributed by atoms with Crippen molar-refractivity contribution in [2.24, 2.45) is 0 Å². The second-order valence-corrected chi connectivity index (χ2v) is 6.22. The van der Waals surface area contributed by atoms with E-state index in [0.29, 0.717) is 5.75 Å². The van der Waals surface area contributed by atoms with E-state index >= 15 is 0 Å². The third kappa shape index (κ3) is 5.98. The summed E-state index contributed by atoms with van der Waals surface area (Å²) in [6, 6.07) is 3.93. The van der Waals surface area contributed by atoms with E-state index in [2.05, 4.69) is 15.5 Å². The van der Waals surface area contributed by atoms with Gasteiger partial charge in [-0.25, -0.2) is 9.18 Å². The first-order chi connectivity index (χ1) is 11.4. The fourth-order valence-electron chi connectivity index (χ4n) is 2.54. The highest BCUT2D eigenvalue weighted by atomic mass is 19.1. The molecule has 134 valence electrons. The van der Waals surface area contributed by atoms with Gasteiger partial charge in [0.1, 0.15) is 11.6 Å². The summed E-state index contributed by atoms with van der Waals surface area (Å²) in [6.45, 7) is 9.55. The Morgan fingerprint density at radius 2 is 2.04 bits per heavy atom. The molecule has 1 unspecified atom stereocenters. The molecule has 7 heteroatoms. The summed E-state index contributed by atoms with van der Waals surface area (Å²) in [5.41, 5.74) is 0.127. The molecular weight excluding hydrogens is 313 g/mol. The van der Waals surface area contributed by atoms with Gasteiger partial charge in [0, 0.05) is 31.7 Å². The molecule has 2 rings (SSSR count). The Labute approximate surface area is 142 Å². The third-order valence-electron chi connectivity index (χ3n) is 3.57.